The van der Waals surface area contributed by atoms with Gasteiger partial charge in [-0.05, 0) is 64.2 Å². The van der Waals surface area contributed by atoms with Gasteiger partial charge in [0.15, 0.2) is 18.7 Å². The molecule has 2 heterocycles. The van der Waals surface area contributed by atoms with Gasteiger partial charge in [-0.3, -0.25) is 9.59 Å². The van der Waals surface area contributed by atoms with Gasteiger partial charge < -0.3 is 64.2 Å². The van der Waals surface area contributed by atoms with Gasteiger partial charge >= 0.3 is 11.9 Å². The first kappa shape index (κ1) is 59.6. The number of allylic oxidation sites excluding steroid dienone is 8. The third kappa shape index (κ3) is 26.3. The van der Waals surface area contributed by atoms with Crippen LogP contribution in [0.3, 0.4) is 0 Å². The average Bonchev–Trinajstić information content (AvgIpc) is 3.31. The summed E-state index contributed by atoms with van der Waals surface area (Å²) < 4.78 is 33.5. The number of aliphatic hydroxyl groups excluding tert-OH is 7. The van der Waals surface area contributed by atoms with Crippen LogP contribution >= 0.6 is 0 Å². The molecular weight excluding hydrogens is 853 g/mol. The Morgan fingerprint density at radius 1 is 0.485 bits per heavy atom. The SMILES string of the molecule is CCCCCC/C=C/C=C/CCCCCCCC(=O)OC[C@H](CO[C@@H]1O[C@H](CO[C@@H]2O[C@H](CO)[C@H](O)C(O)C2O)[C@H](O)C(O)C1O)OC(=O)CCCCCCC/C=C/C=C/CCCCCC. The molecule has 382 valence electrons. The highest BCUT2D eigenvalue weighted by molar-refractivity contribution is 5.70. The maximum absolute atomic E-state index is 13.0. The van der Waals surface area contributed by atoms with Crippen LogP contribution in [0.4, 0.5) is 0 Å². The minimum atomic E-state index is -1.77. The lowest BCUT2D eigenvalue weighted by molar-refractivity contribution is -0.332. The zero-order valence-electron chi connectivity index (χ0n) is 40.2. The van der Waals surface area contributed by atoms with Crippen LogP contribution in [0.1, 0.15) is 168 Å². The summed E-state index contributed by atoms with van der Waals surface area (Å²) in [4.78, 5) is 25.7. The van der Waals surface area contributed by atoms with Crippen LogP contribution < -0.4 is 0 Å². The summed E-state index contributed by atoms with van der Waals surface area (Å²) in [6, 6.07) is 0. The molecule has 0 aliphatic carbocycles. The van der Waals surface area contributed by atoms with E-state index < -0.39 is 99.3 Å². The van der Waals surface area contributed by atoms with Crippen LogP contribution in [0.25, 0.3) is 0 Å². The molecule has 0 spiro atoms. The molecule has 2 fully saturated rings. The highest BCUT2D eigenvalue weighted by atomic mass is 16.7. The fraction of sp³-hybridized carbons (Fsp3) is 0.804. The molecule has 4 unspecified atom stereocenters. The van der Waals surface area contributed by atoms with Gasteiger partial charge in [-0.25, -0.2) is 0 Å². The minimum absolute atomic E-state index is 0.143. The van der Waals surface area contributed by atoms with Crippen molar-refractivity contribution >= 4 is 11.9 Å². The summed E-state index contributed by atoms with van der Waals surface area (Å²) >= 11 is 0. The summed E-state index contributed by atoms with van der Waals surface area (Å²) in [5, 5.41) is 72.0. The largest absolute Gasteiger partial charge is 0.462 e. The fourth-order valence-corrected chi connectivity index (χ4v) is 7.61. The molecule has 0 aromatic carbocycles. The molecule has 66 heavy (non-hydrogen) atoms. The number of hydrogen-bond donors (Lipinski definition) is 7. The maximum atomic E-state index is 13.0. The molecule has 15 heteroatoms. The van der Waals surface area contributed by atoms with Crippen molar-refractivity contribution in [3.05, 3.63) is 48.6 Å². The molecule has 2 rings (SSSR count). The second-order valence-corrected chi connectivity index (χ2v) is 17.7. The van der Waals surface area contributed by atoms with Crippen LogP contribution in [0.15, 0.2) is 48.6 Å². The Bertz CT molecular complexity index is 1340. The van der Waals surface area contributed by atoms with E-state index in [-0.39, 0.29) is 19.4 Å². The van der Waals surface area contributed by atoms with Crippen LogP contribution in [-0.2, 0) is 38.0 Å². The quantitative estimate of drug-likeness (QED) is 0.0194. The average molecular weight is 941 g/mol. The first-order valence-electron chi connectivity index (χ1n) is 25.3. The van der Waals surface area contributed by atoms with Gasteiger partial charge in [0.05, 0.1) is 19.8 Å². The predicted molar refractivity (Wildman–Crippen MR) is 252 cm³/mol. The zero-order chi connectivity index (χ0) is 48.2. The molecule has 7 N–H and O–H groups in total. The number of hydrogen-bond acceptors (Lipinski definition) is 15. The standard InChI is InChI=1S/C51H88O15/c1-3-5-7-9-11-13-15-17-19-21-23-25-27-29-31-33-42(53)61-36-39(64-43(54)34-32-30-28-26-24-22-20-18-16-14-12-10-8-6-4-2)37-62-50-49(60)47(58)45(56)41(66-50)38-63-51-48(59)46(57)44(55)40(35-52)65-51/h13-20,39-41,44-52,55-60H,3-12,21-38H2,1-2H3/b15-13+,16-14+,19-17+,20-18+/t39-,40-,41-,44+,45+,46?,47?,48?,49?,50-,51-/m1/s1. The van der Waals surface area contributed by atoms with Crippen molar-refractivity contribution in [1.82, 2.24) is 0 Å². The summed E-state index contributed by atoms with van der Waals surface area (Å²) in [5.74, 6) is -0.963. The van der Waals surface area contributed by atoms with Gasteiger partial charge in [0.25, 0.3) is 0 Å². The number of aliphatic hydroxyl groups is 7. The number of ether oxygens (including phenoxy) is 6. The second-order valence-electron chi connectivity index (χ2n) is 17.7. The summed E-state index contributed by atoms with van der Waals surface area (Å²) in [6.45, 7) is 2.50. The molecule has 0 aromatic heterocycles. The van der Waals surface area contributed by atoms with Crippen molar-refractivity contribution in [3.8, 4) is 0 Å². The first-order valence-corrected chi connectivity index (χ1v) is 25.3. The lowest BCUT2D eigenvalue weighted by Crippen LogP contribution is -2.61. The van der Waals surface area contributed by atoms with Gasteiger partial charge in [0.2, 0.25) is 0 Å². The summed E-state index contributed by atoms with van der Waals surface area (Å²) in [5.41, 5.74) is 0. The highest BCUT2D eigenvalue weighted by Crippen LogP contribution is 2.26. The van der Waals surface area contributed by atoms with E-state index in [0.717, 1.165) is 77.0 Å². The molecule has 11 atom stereocenters. The van der Waals surface area contributed by atoms with Crippen LogP contribution in [0.2, 0.25) is 0 Å². The molecule has 0 aromatic rings. The molecule has 2 aliphatic heterocycles. The third-order valence-electron chi connectivity index (χ3n) is 11.8. The van der Waals surface area contributed by atoms with Crippen molar-refractivity contribution in [1.29, 1.82) is 0 Å². The number of carbonyl (C=O) groups excluding carboxylic acids is 2. The van der Waals surface area contributed by atoms with Crippen LogP contribution in [0.5, 0.6) is 0 Å². The van der Waals surface area contributed by atoms with E-state index in [1.165, 1.54) is 51.4 Å². The molecule has 15 nitrogen and oxygen atoms in total. The van der Waals surface area contributed by atoms with Crippen LogP contribution in [-0.4, -0.2) is 142 Å². The van der Waals surface area contributed by atoms with E-state index in [0.29, 0.717) is 12.8 Å². The number of unbranched alkanes of at least 4 members (excludes halogenated alkanes) is 18. The molecule has 0 bridgehead atoms. The Labute approximate surface area is 395 Å². The van der Waals surface area contributed by atoms with Gasteiger partial charge in [0, 0.05) is 12.8 Å². The van der Waals surface area contributed by atoms with E-state index in [1.807, 2.05) is 0 Å². The van der Waals surface area contributed by atoms with E-state index >= 15 is 0 Å². The van der Waals surface area contributed by atoms with E-state index in [1.54, 1.807) is 0 Å². The Kier molecular flexibility index (Phi) is 34.6. The van der Waals surface area contributed by atoms with Crippen molar-refractivity contribution in [3.63, 3.8) is 0 Å². The maximum Gasteiger partial charge on any atom is 0.306 e. The first-order chi connectivity index (χ1) is 32.0. The van der Waals surface area contributed by atoms with E-state index in [4.69, 9.17) is 28.4 Å². The monoisotopic (exact) mass is 941 g/mol. The van der Waals surface area contributed by atoms with Gasteiger partial charge in [-0.2, -0.15) is 0 Å². The lowest BCUT2D eigenvalue weighted by Gasteiger charge is -2.42. The number of rotatable bonds is 38. The summed E-state index contributed by atoms with van der Waals surface area (Å²) in [7, 11) is 0. The Morgan fingerprint density at radius 3 is 1.38 bits per heavy atom. The Hall–Kier alpha value is -2.54. The minimum Gasteiger partial charge on any atom is -0.462 e. The molecule has 2 saturated heterocycles. The summed E-state index contributed by atoms with van der Waals surface area (Å²) in [6.07, 6.45) is 24.2. The van der Waals surface area contributed by atoms with Crippen LogP contribution in [0, 0.1) is 0 Å². The molecule has 0 amide bonds. The molecule has 0 saturated carbocycles. The number of carbonyl (C=O) groups is 2. The van der Waals surface area contributed by atoms with Crippen molar-refractivity contribution < 1.29 is 73.8 Å². The predicted octanol–water partition coefficient (Wildman–Crippen LogP) is 6.71. The van der Waals surface area contributed by atoms with Crippen molar-refractivity contribution in [2.45, 2.75) is 235 Å². The third-order valence-corrected chi connectivity index (χ3v) is 11.8. The smallest absolute Gasteiger partial charge is 0.306 e. The number of esters is 2. The van der Waals surface area contributed by atoms with E-state index in [9.17, 15) is 45.3 Å². The molecule has 2 aliphatic rings. The molecular formula is C51H88O15. The normalized spacial score (nSPS) is 26.6. The Morgan fingerprint density at radius 2 is 0.894 bits per heavy atom. The van der Waals surface area contributed by atoms with Gasteiger partial charge in [-0.15, -0.1) is 0 Å². The van der Waals surface area contributed by atoms with Crippen molar-refractivity contribution in [2.24, 2.45) is 0 Å². The zero-order valence-corrected chi connectivity index (χ0v) is 40.2. The van der Waals surface area contributed by atoms with E-state index in [2.05, 4.69) is 62.5 Å². The Balaban J connectivity index is 1.84. The fourth-order valence-electron chi connectivity index (χ4n) is 7.61. The lowest BCUT2D eigenvalue weighted by atomic mass is 9.98. The van der Waals surface area contributed by atoms with Gasteiger partial charge in [0.1, 0.15) is 55.4 Å². The second kappa shape index (κ2) is 38.3. The molecule has 0 radical (unpaired) electrons. The van der Waals surface area contributed by atoms with Crippen molar-refractivity contribution in [2.75, 3.05) is 26.4 Å². The highest BCUT2D eigenvalue weighted by Gasteiger charge is 2.47. The van der Waals surface area contributed by atoms with Gasteiger partial charge in [-0.1, -0.05) is 140 Å². The topological polar surface area (TPSA) is 231 Å².